The molecule has 1 unspecified atom stereocenters. The number of hydrogen-bond acceptors (Lipinski definition) is 3. The molecule has 2 aliphatic heterocycles. The lowest BCUT2D eigenvalue weighted by atomic mass is 9.81. The minimum Gasteiger partial charge on any atom is -0.497 e. The average Bonchev–Trinajstić information content (AvgIpc) is 3.20. The van der Waals surface area contributed by atoms with Gasteiger partial charge in [0.2, 0.25) is 0 Å². The van der Waals surface area contributed by atoms with Crippen LogP contribution >= 0.6 is 0 Å². The van der Waals surface area contributed by atoms with E-state index in [0.717, 1.165) is 39.9 Å². The molecule has 1 saturated heterocycles. The minimum atomic E-state index is -0.919. The van der Waals surface area contributed by atoms with Crippen LogP contribution in [0.2, 0.25) is 0 Å². The molecule has 2 aliphatic rings. The Bertz CT molecular complexity index is 1150. The van der Waals surface area contributed by atoms with E-state index in [-0.39, 0.29) is 18.0 Å². The van der Waals surface area contributed by atoms with Crippen molar-refractivity contribution >= 4 is 22.8 Å². The fourth-order valence-corrected chi connectivity index (χ4v) is 5.02. The maximum Gasteiger partial charge on any atom is 0.328 e. The van der Waals surface area contributed by atoms with Crippen LogP contribution in [0.15, 0.2) is 48.5 Å². The number of urea groups is 1. The Morgan fingerprint density at radius 3 is 2.63 bits per heavy atom. The van der Waals surface area contributed by atoms with E-state index in [1.165, 1.54) is 4.90 Å². The number of rotatable bonds is 4. The third-order valence-electron chi connectivity index (χ3n) is 6.44. The molecule has 0 aliphatic carbocycles. The lowest BCUT2D eigenvalue weighted by molar-refractivity contribution is -0.133. The van der Waals surface area contributed by atoms with Crippen molar-refractivity contribution in [3.63, 3.8) is 0 Å². The molecule has 5 rings (SSSR count). The molecule has 0 radical (unpaired) electrons. The van der Waals surface area contributed by atoms with E-state index in [2.05, 4.69) is 4.98 Å². The van der Waals surface area contributed by atoms with Crippen LogP contribution in [0, 0.1) is 0 Å². The van der Waals surface area contributed by atoms with Crippen molar-refractivity contribution in [2.45, 2.75) is 38.3 Å². The van der Waals surface area contributed by atoms with Crippen LogP contribution in [0.1, 0.15) is 43.1 Å². The minimum absolute atomic E-state index is 0.113. The molecule has 1 aromatic heterocycles. The van der Waals surface area contributed by atoms with E-state index in [4.69, 9.17) is 4.74 Å². The van der Waals surface area contributed by atoms with Gasteiger partial charge < -0.3 is 9.72 Å². The lowest BCUT2D eigenvalue weighted by Crippen LogP contribution is -2.53. The first-order chi connectivity index (χ1) is 14.5. The number of methoxy groups -OCH3 is 1. The standard InChI is InChI=1S/C24H25N3O3/c1-4-12-26-22(28)24(2)14-18-17-13-16(30-3)10-11-19(17)25-20(18)21(27(24)23(26)29)15-8-6-5-7-9-15/h5-11,13,21,25H,4,12,14H2,1-3H3/t21?,24-/m0/s1. The third kappa shape index (κ3) is 2.43. The number of carbonyl (C=O) groups is 2. The van der Waals surface area contributed by atoms with Crippen LogP contribution in [0.5, 0.6) is 5.75 Å². The van der Waals surface area contributed by atoms with Gasteiger partial charge in [0.05, 0.1) is 7.11 Å². The van der Waals surface area contributed by atoms with E-state index in [9.17, 15) is 9.59 Å². The number of fused-ring (bicyclic) bond motifs is 4. The first-order valence-electron chi connectivity index (χ1n) is 10.4. The van der Waals surface area contributed by atoms with Crippen LogP contribution in [-0.2, 0) is 11.2 Å². The predicted molar refractivity (Wildman–Crippen MR) is 114 cm³/mol. The van der Waals surface area contributed by atoms with Gasteiger partial charge in [0.1, 0.15) is 17.3 Å². The molecule has 6 heteroatoms. The number of H-pyrrole nitrogens is 1. The van der Waals surface area contributed by atoms with Crippen molar-refractivity contribution in [2.24, 2.45) is 0 Å². The molecule has 1 N–H and O–H groups in total. The van der Waals surface area contributed by atoms with Crippen molar-refractivity contribution in [3.05, 3.63) is 65.4 Å². The Morgan fingerprint density at radius 2 is 1.93 bits per heavy atom. The highest BCUT2D eigenvalue weighted by atomic mass is 16.5. The van der Waals surface area contributed by atoms with Crippen molar-refractivity contribution in [1.29, 1.82) is 0 Å². The summed E-state index contributed by atoms with van der Waals surface area (Å²) in [6, 6.07) is 15.3. The Hall–Kier alpha value is -3.28. The van der Waals surface area contributed by atoms with Crippen LogP contribution in [0.4, 0.5) is 4.79 Å². The summed E-state index contributed by atoms with van der Waals surface area (Å²) >= 11 is 0. The number of amides is 3. The third-order valence-corrected chi connectivity index (χ3v) is 6.44. The second-order valence-electron chi connectivity index (χ2n) is 8.30. The molecule has 3 amide bonds. The zero-order chi connectivity index (χ0) is 21.0. The Kier molecular flexibility index (Phi) is 4.13. The second kappa shape index (κ2) is 6.62. The number of imide groups is 1. The van der Waals surface area contributed by atoms with Crippen LogP contribution in [-0.4, -0.2) is 45.9 Å². The summed E-state index contributed by atoms with van der Waals surface area (Å²) in [7, 11) is 1.65. The quantitative estimate of drug-likeness (QED) is 0.662. The van der Waals surface area contributed by atoms with E-state index in [1.54, 1.807) is 12.0 Å². The molecule has 2 atom stereocenters. The summed E-state index contributed by atoms with van der Waals surface area (Å²) in [5, 5.41) is 1.04. The number of aromatic nitrogens is 1. The predicted octanol–water partition coefficient (Wildman–Crippen LogP) is 4.25. The maximum atomic E-state index is 13.5. The summed E-state index contributed by atoms with van der Waals surface area (Å²) in [5.41, 5.74) is 3.11. The molecule has 0 bridgehead atoms. The van der Waals surface area contributed by atoms with Crippen LogP contribution in [0.25, 0.3) is 10.9 Å². The van der Waals surface area contributed by atoms with Gasteiger partial charge in [-0.15, -0.1) is 0 Å². The van der Waals surface area contributed by atoms with Gasteiger partial charge in [0, 0.05) is 29.6 Å². The van der Waals surface area contributed by atoms with Gasteiger partial charge in [-0.25, -0.2) is 4.79 Å². The number of ether oxygens (including phenoxy) is 1. The summed E-state index contributed by atoms with van der Waals surface area (Å²) in [5.74, 6) is 0.660. The molecular formula is C24H25N3O3. The van der Waals surface area contributed by atoms with Gasteiger partial charge in [-0.3, -0.25) is 14.6 Å². The average molecular weight is 403 g/mol. The Morgan fingerprint density at radius 1 is 1.17 bits per heavy atom. The molecule has 3 aromatic rings. The normalized spacial score (nSPS) is 23.1. The van der Waals surface area contributed by atoms with E-state index in [0.29, 0.717) is 13.0 Å². The number of nitrogens with one attached hydrogen (secondary N) is 1. The molecule has 30 heavy (non-hydrogen) atoms. The highest BCUT2D eigenvalue weighted by Crippen LogP contribution is 2.48. The van der Waals surface area contributed by atoms with Crippen molar-refractivity contribution in [1.82, 2.24) is 14.8 Å². The monoisotopic (exact) mass is 403 g/mol. The zero-order valence-electron chi connectivity index (χ0n) is 17.4. The topological polar surface area (TPSA) is 65.6 Å². The highest BCUT2D eigenvalue weighted by Gasteiger charge is 2.59. The molecule has 0 spiro atoms. The van der Waals surface area contributed by atoms with Gasteiger partial charge in [0.15, 0.2) is 0 Å². The molecule has 3 heterocycles. The highest BCUT2D eigenvalue weighted by molar-refractivity contribution is 6.08. The van der Waals surface area contributed by atoms with Crippen molar-refractivity contribution < 1.29 is 14.3 Å². The van der Waals surface area contributed by atoms with Gasteiger partial charge in [-0.05, 0) is 42.7 Å². The summed E-state index contributed by atoms with van der Waals surface area (Å²) in [6.07, 6.45) is 1.21. The molecule has 0 saturated carbocycles. The van der Waals surface area contributed by atoms with Crippen molar-refractivity contribution in [3.8, 4) is 5.75 Å². The summed E-state index contributed by atoms with van der Waals surface area (Å²) in [4.78, 5) is 33.7. The fraction of sp³-hybridized carbons (Fsp3) is 0.333. The molecule has 1 fully saturated rings. The molecular weight excluding hydrogens is 378 g/mol. The van der Waals surface area contributed by atoms with Gasteiger partial charge in [0.25, 0.3) is 5.91 Å². The second-order valence-corrected chi connectivity index (χ2v) is 8.30. The first-order valence-corrected chi connectivity index (χ1v) is 10.4. The first kappa shape index (κ1) is 18.7. The van der Waals surface area contributed by atoms with Gasteiger partial charge in [-0.2, -0.15) is 0 Å². The Labute approximate surface area is 175 Å². The van der Waals surface area contributed by atoms with E-state index >= 15 is 0 Å². The number of benzene rings is 2. The SMILES string of the molecule is CCCN1C(=O)N2C(c3ccccc3)c3[nH]c4ccc(OC)cc4c3C[C@@]2(C)C1=O. The number of hydrogen-bond donors (Lipinski definition) is 1. The number of nitrogens with zero attached hydrogens (tertiary/aromatic N) is 2. The fourth-order valence-electron chi connectivity index (χ4n) is 5.02. The molecule has 154 valence electrons. The number of carbonyl (C=O) groups excluding carboxylic acids is 2. The van der Waals surface area contributed by atoms with Crippen molar-refractivity contribution in [2.75, 3.05) is 13.7 Å². The largest absolute Gasteiger partial charge is 0.497 e. The molecule has 2 aromatic carbocycles. The zero-order valence-corrected chi connectivity index (χ0v) is 17.4. The van der Waals surface area contributed by atoms with Crippen LogP contribution in [0.3, 0.4) is 0 Å². The van der Waals surface area contributed by atoms with Gasteiger partial charge in [-0.1, -0.05) is 37.3 Å². The Balaban J connectivity index is 1.77. The van der Waals surface area contributed by atoms with E-state index < -0.39 is 5.54 Å². The van der Waals surface area contributed by atoms with E-state index in [1.807, 2.05) is 62.4 Å². The molecule has 6 nitrogen and oxygen atoms in total. The lowest BCUT2D eigenvalue weighted by Gasteiger charge is -2.42. The number of aromatic amines is 1. The summed E-state index contributed by atoms with van der Waals surface area (Å²) < 4.78 is 5.44. The summed E-state index contributed by atoms with van der Waals surface area (Å²) in [6.45, 7) is 4.33. The van der Waals surface area contributed by atoms with Crippen LogP contribution < -0.4 is 4.74 Å². The maximum absolute atomic E-state index is 13.5. The van der Waals surface area contributed by atoms with Gasteiger partial charge >= 0.3 is 6.03 Å². The smallest absolute Gasteiger partial charge is 0.328 e.